The molecule has 2 aromatic rings. The van der Waals surface area contributed by atoms with E-state index in [-0.39, 0.29) is 0 Å². The van der Waals surface area contributed by atoms with Crippen molar-refractivity contribution in [3.63, 3.8) is 0 Å². The van der Waals surface area contributed by atoms with E-state index < -0.39 is 0 Å². The third-order valence-electron chi connectivity index (χ3n) is 2.83. The third-order valence-corrected chi connectivity index (χ3v) is 3.64. The summed E-state index contributed by atoms with van der Waals surface area (Å²) in [5, 5.41) is 3.83. The summed E-state index contributed by atoms with van der Waals surface area (Å²) in [4.78, 5) is 8.79. The summed E-state index contributed by atoms with van der Waals surface area (Å²) < 4.78 is 0.922. The van der Waals surface area contributed by atoms with E-state index in [2.05, 4.69) is 36.6 Å². The van der Waals surface area contributed by atoms with Crippen molar-refractivity contribution in [1.82, 2.24) is 9.97 Å². The Kier molecular flexibility index (Phi) is 4.80. The van der Waals surface area contributed by atoms with Gasteiger partial charge in [0.15, 0.2) is 0 Å². The molecule has 0 saturated heterocycles. The molecule has 0 atom stereocenters. The van der Waals surface area contributed by atoms with Crippen LogP contribution in [0.4, 0.5) is 17.3 Å². The molecule has 2 rings (SSSR count). The maximum absolute atomic E-state index is 6.20. The van der Waals surface area contributed by atoms with Crippen LogP contribution in [0.15, 0.2) is 22.7 Å². The minimum Gasteiger partial charge on any atom is -0.339 e. The highest BCUT2D eigenvalue weighted by molar-refractivity contribution is 9.10. The van der Waals surface area contributed by atoms with Crippen molar-refractivity contribution < 1.29 is 0 Å². The Morgan fingerprint density at radius 3 is 2.60 bits per heavy atom. The van der Waals surface area contributed by atoms with Crippen molar-refractivity contribution in [2.75, 3.05) is 10.7 Å². The molecule has 0 aliphatic rings. The van der Waals surface area contributed by atoms with Crippen LogP contribution in [0.25, 0.3) is 0 Å². The van der Waals surface area contributed by atoms with Crippen LogP contribution in [0.3, 0.4) is 0 Å². The monoisotopic (exact) mass is 355 g/mol. The second-order valence-electron chi connectivity index (χ2n) is 4.21. The van der Waals surface area contributed by atoms with Gasteiger partial charge in [0.25, 0.3) is 0 Å². The second-order valence-corrected chi connectivity index (χ2v) is 5.53. The molecule has 4 N–H and O–H groups in total. The van der Waals surface area contributed by atoms with E-state index in [1.807, 2.05) is 32.0 Å². The lowest BCUT2D eigenvalue weighted by molar-refractivity contribution is 0.932. The average Bonchev–Trinajstić information content (AvgIpc) is 2.43. The summed E-state index contributed by atoms with van der Waals surface area (Å²) in [7, 11) is 0. The summed E-state index contributed by atoms with van der Waals surface area (Å²) in [5.74, 6) is 7.49. The van der Waals surface area contributed by atoms with Crippen LogP contribution in [0.2, 0.25) is 5.02 Å². The molecule has 106 valence electrons. The van der Waals surface area contributed by atoms with Gasteiger partial charge in [0.1, 0.15) is 17.5 Å². The summed E-state index contributed by atoms with van der Waals surface area (Å²) in [6.45, 7) is 3.88. The largest absolute Gasteiger partial charge is 0.339 e. The number of nitrogens with zero attached hydrogens (tertiary/aromatic N) is 2. The molecule has 20 heavy (non-hydrogen) atoms. The quantitative estimate of drug-likeness (QED) is 0.574. The van der Waals surface area contributed by atoms with Crippen molar-refractivity contribution >= 4 is 44.9 Å². The summed E-state index contributed by atoms with van der Waals surface area (Å²) >= 11 is 9.58. The Labute approximate surface area is 131 Å². The number of hydrazine groups is 1. The molecule has 0 amide bonds. The first-order chi connectivity index (χ1) is 9.55. The lowest BCUT2D eigenvalue weighted by atomic mass is 10.2. The molecule has 0 saturated carbocycles. The predicted molar refractivity (Wildman–Crippen MR) is 86.4 cm³/mol. The van der Waals surface area contributed by atoms with E-state index in [1.54, 1.807) is 0 Å². The molecule has 0 bridgehead atoms. The van der Waals surface area contributed by atoms with E-state index in [0.717, 1.165) is 22.1 Å². The van der Waals surface area contributed by atoms with Gasteiger partial charge in [-0.05, 0) is 25.1 Å². The Morgan fingerprint density at radius 2 is 2.00 bits per heavy atom. The topological polar surface area (TPSA) is 75.9 Å². The van der Waals surface area contributed by atoms with Crippen LogP contribution < -0.4 is 16.6 Å². The summed E-state index contributed by atoms with van der Waals surface area (Å²) in [6, 6.07) is 5.62. The van der Waals surface area contributed by atoms with Gasteiger partial charge < -0.3 is 10.7 Å². The number of nitrogens with one attached hydrogen (secondary N) is 2. The number of hydrogen-bond acceptors (Lipinski definition) is 5. The first-order valence-electron chi connectivity index (χ1n) is 6.11. The van der Waals surface area contributed by atoms with Crippen molar-refractivity contribution in [3.05, 3.63) is 39.1 Å². The van der Waals surface area contributed by atoms with Gasteiger partial charge in [0, 0.05) is 16.5 Å². The molecule has 0 spiro atoms. The molecule has 1 aromatic carbocycles. The van der Waals surface area contributed by atoms with E-state index in [9.17, 15) is 0 Å². The number of aromatic nitrogens is 2. The average molecular weight is 357 g/mol. The lowest BCUT2D eigenvalue weighted by Crippen LogP contribution is -2.14. The van der Waals surface area contributed by atoms with Gasteiger partial charge in [-0.1, -0.05) is 34.5 Å². The minimum atomic E-state index is 0.604. The Bertz CT molecular complexity index is 632. The highest BCUT2D eigenvalue weighted by Crippen LogP contribution is 2.30. The number of benzene rings is 1. The van der Waals surface area contributed by atoms with E-state index in [4.69, 9.17) is 17.4 Å². The van der Waals surface area contributed by atoms with Crippen LogP contribution in [0.5, 0.6) is 0 Å². The van der Waals surface area contributed by atoms with E-state index >= 15 is 0 Å². The molecular weight excluding hydrogens is 342 g/mol. The Morgan fingerprint density at radius 1 is 1.30 bits per heavy atom. The fourth-order valence-corrected chi connectivity index (χ4v) is 2.42. The van der Waals surface area contributed by atoms with Crippen molar-refractivity contribution in [2.45, 2.75) is 20.3 Å². The third kappa shape index (κ3) is 3.20. The number of rotatable bonds is 4. The zero-order chi connectivity index (χ0) is 14.7. The fourth-order valence-electron chi connectivity index (χ4n) is 1.70. The number of halogens is 2. The molecule has 0 aliphatic heterocycles. The van der Waals surface area contributed by atoms with Crippen LogP contribution in [0, 0.1) is 6.92 Å². The van der Waals surface area contributed by atoms with Gasteiger partial charge in [-0.25, -0.2) is 15.8 Å². The highest BCUT2D eigenvalue weighted by atomic mass is 79.9. The number of anilines is 3. The lowest BCUT2D eigenvalue weighted by Gasteiger charge is -2.14. The van der Waals surface area contributed by atoms with Gasteiger partial charge >= 0.3 is 0 Å². The normalized spacial score (nSPS) is 10.4. The minimum absolute atomic E-state index is 0.604. The van der Waals surface area contributed by atoms with Crippen molar-refractivity contribution in [3.8, 4) is 0 Å². The number of hydrogen-bond donors (Lipinski definition) is 3. The Hall–Kier alpha value is -1.37. The van der Waals surface area contributed by atoms with Gasteiger partial charge in [-0.2, -0.15) is 0 Å². The van der Waals surface area contributed by atoms with Crippen LogP contribution in [0.1, 0.15) is 18.3 Å². The zero-order valence-corrected chi connectivity index (χ0v) is 13.5. The second kappa shape index (κ2) is 6.39. The van der Waals surface area contributed by atoms with Crippen LogP contribution >= 0.6 is 27.5 Å². The highest BCUT2D eigenvalue weighted by Gasteiger charge is 2.11. The number of nitrogen functional groups attached to an aromatic ring is 1. The van der Waals surface area contributed by atoms with Gasteiger partial charge in [0.2, 0.25) is 0 Å². The molecule has 7 heteroatoms. The standard InChI is InChI=1S/C13H15BrClN5/c1-3-11-18-12(7(2)13(19-11)20-16)17-10-5-4-8(14)6-9(10)15/h4-6H,3,16H2,1-2H3,(H2,17,18,19,20). The maximum atomic E-state index is 6.20. The number of aryl methyl sites for hydroxylation is 1. The zero-order valence-electron chi connectivity index (χ0n) is 11.2. The molecule has 0 radical (unpaired) electrons. The molecular formula is C13H15BrClN5. The molecule has 0 aliphatic carbocycles. The number of nitrogens with two attached hydrogens (primary N) is 1. The van der Waals surface area contributed by atoms with Gasteiger partial charge in [-0.3, -0.25) is 0 Å². The van der Waals surface area contributed by atoms with Crippen molar-refractivity contribution in [2.24, 2.45) is 5.84 Å². The van der Waals surface area contributed by atoms with Gasteiger partial charge in [0.05, 0.1) is 10.7 Å². The maximum Gasteiger partial charge on any atom is 0.148 e. The fraction of sp³-hybridized carbons (Fsp3) is 0.231. The molecule has 0 unspecified atom stereocenters. The van der Waals surface area contributed by atoms with E-state index in [1.165, 1.54) is 0 Å². The first-order valence-corrected chi connectivity index (χ1v) is 7.28. The summed E-state index contributed by atoms with van der Waals surface area (Å²) in [5.41, 5.74) is 4.20. The van der Waals surface area contributed by atoms with Crippen molar-refractivity contribution in [1.29, 1.82) is 0 Å². The van der Waals surface area contributed by atoms with Gasteiger partial charge in [-0.15, -0.1) is 0 Å². The SMILES string of the molecule is CCc1nc(NN)c(C)c(Nc2ccc(Br)cc2Cl)n1. The summed E-state index contributed by atoms with van der Waals surface area (Å²) in [6.07, 6.45) is 0.720. The first kappa shape index (κ1) is 15.0. The molecule has 0 fully saturated rings. The van der Waals surface area contributed by atoms with Crippen LogP contribution in [-0.4, -0.2) is 9.97 Å². The molecule has 1 aromatic heterocycles. The predicted octanol–water partition coefficient (Wildman–Crippen LogP) is 3.79. The van der Waals surface area contributed by atoms with E-state index in [0.29, 0.717) is 22.5 Å². The Balaban J connectivity index is 2.42. The molecule has 1 heterocycles. The molecule has 5 nitrogen and oxygen atoms in total. The van der Waals surface area contributed by atoms with Crippen LogP contribution in [-0.2, 0) is 6.42 Å². The smallest absolute Gasteiger partial charge is 0.148 e.